The minimum absolute atomic E-state index is 0.0912. The highest BCUT2D eigenvalue weighted by Gasteiger charge is 2.32. The fourth-order valence-electron chi connectivity index (χ4n) is 3.47. The first-order chi connectivity index (χ1) is 13.9. The number of aromatic nitrogens is 2. The Labute approximate surface area is 176 Å². The monoisotopic (exact) mass is 427 g/mol. The minimum atomic E-state index is -0.455. The van der Waals surface area contributed by atoms with E-state index in [0.717, 1.165) is 5.56 Å². The largest absolute Gasteiger partial charge is 0.508 e. The van der Waals surface area contributed by atoms with Gasteiger partial charge in [0, 0.05) is 30.2 Å². The normalized spacial score (nSPS) is 15.7. The number of thioether (sulfide) groups is 1. The molecule has 0 spiro atoms. The van der Waals surface area contributed by atoms with Gasteiger partial charge in [-0.25, -0.2) is 0 Å². The van der Waals surface area contributed by atoms with Crippen molar-refractivity contribution in [1.82, 2.24) is 9.55 Å². The number of hydrogen-bond acceptors (Lipinski definition) is 5. The molecule has 0 saturated heterocycles. The third kappa shape index (κ3) is 4.02. The van der Waals surface area contributed by atoms with E-state index in [0.29, 0.717) is 32.9 Å². The molecule has 2 heterocycles. The second-order valence-corrected chi connectivity index (χ2v) is 8.22. The van der Waals surface area contributed by atoms with E-state index in [1.807, 2.05) is 18.2 Å². The van der Waals surface area contributed by atoms with Crippen LogP contribution in [0, 0.1) is 0 Å². The molecule has 2 N–H and O–H groups in total. The van der Waals surface area contributed by atoms with Gasteiger partial charge in [-0.2, -0.15) is 4.98 Å². The van der Waals surface area contributed by atoms with Crippen molar-refractivity contribution in [1.29, 1.82) is 0 Å². The third-order valence-corrected chi connectivity index (χ3v) is 6.17. The maximum Gasteiger partial charge on any atom is 0.279 e. The summed E-state index contributed by atoms with van der Waals surface area (Å²) in [5.74, 6) is 0.488. The van der Waals surface area contributed by atoms with Gasteiger partial charge >= 0.3 is 0 Å². The summed E-state index contributed by atoms with van der Waals surface area (Å²) >= 11 is 7.43. The van der Waals surface area contributed by atoms with E-state index in [9.17, 15) is 14.7 Å². The van der Waals surface area contributed by atoms with Crippen LogP contribution >= 0.6 is 23.4 Å². The quantitative estimate of drug-likeness (QED) is 0.487. The van der Waals surface area contributed by atoms with Crippen molar-refractivity contribution in [3.05, 3.63) is 80.6 Å². The summed E-state index contributed by atoms with van der Waals surface area (Å²) in [4.78, 5) is 29.5. The molecule has 1 aromatic heterocycles. The number of fused-ring (bicyclic) bond motifs is 1. The van der Waals surface area contributed by atoms with Crippen LogP contribution in [0.3, 0.4) is 0 Å². The van der Waals surface area contributed by atoms with Crippen molar-refractivity contribution in [2.45, 2.75) is 23.2 Å². The molecule has 1 unspecified atom stereocenters. The number of nitrogens with one attached hydrogen (secondary N) is 1. The van der Waals surface area contributed by atoms with Crippen LogP contribution in [0.2, 0.25) is 5.02 Å². The molecule has 1 atom stereocenters. The van der Waals surface area contributed by atoms with Gasteiger partial charge in [0.05, 0.1) is 5.56 Å². The fourth-order valence-corrected chi connectivity index (χ4v) is 4.59. The predicted molar refractivity (Wildman–Crippen MR) is 114 cm³/mol. The molecule has 1 amide bonds. The summed E-state index contributed by atoms with van der Waals surface area (Å²) in [5.41, 5.74) is 1.78. The Morgan fingerprint density at radius 2 is 2.03 bits per heavy atom. The highest BCUT2D eigenvalue weighted by Crippen LogP contribution is 2.37. The average Bonchev–Trinajstić information content (AvgIpc) is 2.69. The molecule has 2 aromatic carbocycles. The number of phenolic OH excluding ortho intramolecular Hbond substituents is 1. The average molecular weight is 428 g/mol. The number of carbonyl (C=O) groups excluding carboxylic acids is 1. The molecule has 4 rings (SSSR count). The Kier molecular flexibility index (Phi) is 5.34. The Hall–Kier alpha value is -2.77. The number of halogens is 1. The molecule has 6 nitrogen and oxygen atoms in total. The van der Waals surface area contributed by atoms with Gasteiger partial charge < -0.3 is 15.0 Å². The number of anilines is 1. The van der Waals surface area contributed by atoms with E-state index in [1.165, 1.54) is 11.8 Å². The molecule has 0 bridgehead atoms. The lowest BCUT2D eigenvalue weighted by Gasteiger charge is -2.27. The van der Waals surface area contributed by atoms with Crippen LogP contribution in [0.25, 0.3) is 0 Å². The summed E-state index contributed by atoms with van der Waals surface area (Å²) in [6.07, 6.45) is 0.127. The van der Waals surface area contributed by atoms with Crippen LogP contribution in [0.4, 0.5) is 5.82 Å². The molecule has 29 heavy (non-hydrogen) atoms. The number of carbonyl (C=O) groups is 1. The van der Waals surface area contributed by atoms with Crippen molar-refractivity contribution in [3.8, 4) is 5.75 Å². The third-order valence-electron chi connectivity index (χ3n) is 4.83. The van der Waals surface area contributed by atoms with Gasteiger partial charge in [-0.1, -0.05) is 47.6 Å². The molecule has 0 fully saturated rings. The number of rotatable bonds is 4. The SMILES string of the molecule is Cn1c(SCc2cccc(Cl)c2)nc(=O)c2c1NC(=O)CC2c1cccc(O)c1. The van der Waals surface area contributed by atoms with Crippen LogP contribution in [0.1, 0.15) is 29.0 Å². The molecule has 1 aliphatic rings. The van der Waals surface area contributed by atoms with Crippen molar-refractivity contribution in [3.63, 3.8) is 0 Å². The molecule has 1 aliphatic heterocycles. The van der Waals surface area contributed by atoms with Gasteiger partial charge in [0.25, 0.3) is 5.56 Å². The smallest absolute Gasteiger partial charge is 0.279 e. The number of aromatic hydroxyl groups is 1. The lowest BCUT2D eigenvalue weighted by atomic mass is 9.86. The first-order valence-electron chi connectivity index (χ1n) is 8.99. The number of hydrogen-bond donors (Lipinski definition) is 2. The van der Waals surface area contributed by atoms with E-state index >= 15 is 0 Å². The Bertz CT molecular complexity index is 1160. The second-order valence-electron chi connectivity index (χ2n) is 6.84. The van der Waals surface area contributed by atoms with Gasteiger partial charge in [-0.3, -0.25) is 9.59 Å². The second kappa shape index (κ2) is 7.93. The van der Waals surface area contributed by atoms with Gasteiger partial charge in [0.2, 0.25) is 5.91 Å². The number of amides is 1. The molecule has 8 heteroatoms. The van der Waals surface area contributed by atoms with Crippen LogP contribution in [-0.2, 0) is 17.6 Å². The highest BCUT2D eigenvalue weighted by molar-refractivity contribution is 7.98. The van der Waals surface area contributed by atoms with Gasteiger partial charge in [-0.15, -0.1) is 0 Å². The van der Waals surface area contributed by atoms with Crippen LogP contribution in [0.15, 0.2) is 58.5 Å². The molecular formula is C21H18ClN3O3S. The summed E-state index contributed by atoms with van der Waals surface area (Å²) < 4.78 is 1.73. The molecule has 148 valence electrons. The minimum Gasteiger partial charge on any atom is -0.508 e. The summed E-state index contributed by atoms with van der Waals surface area (Å²) in [6.45, 7) is 0. The maximum atomic E-state index is 12.9. The summed E-state index contributed by atoms with van der Waals surface area (Å²) in [7, 11) is 1.77. The number of nitrogens with zero attached hydrogens (tertiary/aromatic N) is 2. The zero-order chi connectivity index (χ0) is 20.5. The van der Waals surface area contributed by atoms with Gasteiger partial charge in [0.15, 0.2) is 5.16 Å². The van der Waals surface area contributed by atoms with E-state index in [4.69, 9.17) is 11.6 Å². The lowest BCUT2D eigenvalue weighted by Crippen LogP contribution is -2.33. The Balaban J connectivity index is 1.72. The number of phenols is 1. The molecular weight excluding hydrogens is 410 g/mol. The van der Waals surface area contributed by atoms with Crippen molar-refractivity contribution < 1.29 is 9.90 Å². The molecule has 3 aromatic rings. The van der Waals surface area contributed by atoms with Crippen LogP contribution < -0.4 is 10.9 Å². The Morgan fingerprint density at radius 3 is 2.79 bits per heavy atom. The van der Waals surface area contributed by atoms with E-state index in [2.05, 4.69) is 10.3 Å². The van der Waals surface area contributed by atoms with Crippen LogP contribution in [0.5, 0.6) is 5.75 Å². The molecule has 0 aliphatic carbocycles. The first-order valence-corrected chi connectivity index (χ1v) is 10.4. The Morgan fingerprint density at radius 1 is 1.24 bits per heavy atom. The zero-order valence-corrected chi connectivity index (χ0v) is 17.1. The molecule has 0 saturated carbocycles. The predicted octanol–water partition coefficient (Wildman–Crippen LogP) is 3.91. The lowest BCUT2D eigenvalue weighted by molar-refractivity contribution is -0.116. The van der Waals surface area contributed by atoms with Crippen molar-refractivity contribution in [2.75, 3.05) is 5.32 Å². The van der Waals surface area contributed by atoms with Gasteiger partial charge in [-0.05, 0) is 35.4 Å². The topological polar surface area (TPSA) is 84.2 Å². The first kappa shape index (κ1) is 19.5. The van der Waals surface area contributed by atoms with Crippen molar-refractivity contribution >= 4 is 35.1 Å². The highest BCUT2D eigenvalue weighted by atomic mass is 35.5. The fraction of sp³-hybridized carbons (Fsp3) is 0.190. The summed E-state index contributed by atoms with van der Waals surface area (Å²) in [5, 5.41) is 13.8. The summed E-state index contributed by atoms with van der Waals surface area (Å²) in [6, 6.07) is 14.1. The van der Waals surface area contributed by atoms with E-state index < -0.39 is 5.92 Å². The van der Waals surface area contributed by atoms with Crippen molar-refractivity contribution in [2.24, 2.45) is 7.05 Å². The zero-order valence-electron chi connectivity index (χ0n) is 15.6. The van der Waals surface area contributed by atoms with Crippen LogP contribution in [-0.4, -0.2) is 20.6 Å². The van der Waals surface area contributed by atoms with Gasteiger partial charge in [0.1, 0.15) is 11.6 Å². The molecule has 0 radical (unpaired) electrons. The maximum absolute atomic E-state index is 12.9. The van der Waals surface area contributed by atoms with E-state index in [1.54, 1.807) is 41.9 Å². The standard InChI is InChI=1S/C21H18ClN3O3S/c1-25-19-18(16(10-17(27)23-19)13-5-3-7-15(26)9-13)20(28)24-21(25)29-11-12-4-2-6-14(22)8-12/h2-9,16,26H,10-11H2,1H3,(H,23,27). The number of benzene rings is 2. The van der Waals surface area contributed by atoms with E-state index in [-0.39, 0.29) is 23.6 Å².